The molecule has 1 saturated heterocycles. The fourth-order valence-corrected chi connectivity index (χ4v) is 3.03. The van der Waals surface area contributed by atoms with Gasteiger partial charge in [-0.2, -0.15) is 0 Å². The van der Waals surface area contributed by atoms with Crippen LogP contribution in [-0.4, -0.2) is 48.3 Å². The van der Waals surface area contributed by atoms with Crippen LogP contribution in [0.1, 0.15) is 43.5 Å². The molecule has 0 bridgehead atoms. The van der Waals surface area contributed by atoms with Gasteiger partial charge in [-0.05, 0) is 43.4 Å². The Labute approximate surface area is 176 Å². The Morgan fingerprint density at radius 1 is 1.18 bits per heavy atom. The van der Waals surface area contributed by atoms with Crippen LogP contribution in [0.5, 0.6) is 0 Å². The van der Waals surface area contributed by atoms with Gasteiger partial charge in [0.05, 0.1) is 23.8 Å². The zero-order valence-electron chi connectivity index (χ0n) is 16.2. The Morgan fingerprint density at radius 3 is 2.43 bits per heavy atom. The van der Waals surface area contributed by atoms with Crippen LogP contribution in [-0.2, 0) is 9.59 Å². The summed E-state index contributed by atoms with van der Waals surface area (Å²) in [6, 6.07) is 4.10. The van der Waals surface area contributed by atoms with Gasteiger partial charge in [0.25, 0.3) is 5.91 Å². The fraction of sp³-hybridized carbons (Fsp3) is 0.526. The lowest BCUT2D eigenvalue weighted by Crippen LogP contribution is -2.46. The predicted octanol–water partition coefficient (Wildman–Crippen LogP) is 2.43. The maximum Gasteiger partial charge on any atom is 0.255 e. The third-order valence-corrected chi connectivity index (χ3v) is 4.81. The Morgan fingerprint density at radius 2 is 1.82 bits per heavy atom. The third-order valence-electron chi connectivity index (χ3n) is 4.57. The van der Waals surface area contributed by atoms with Crippen LogP contribution >= 0.6 is 24.0 Å². The first kappa shape index (κ1) is 24.2. The molecule has 0 spiro atoms. The van der Waals surface area contributed by atoms with E-state index in [4.69, 9.17) is 17.3 Å². The van der Waals surface area contributed by atoms with Gasteiger partial charge in [-0.1, -0.05) is 25.4 Å². The highest BCUT2D eigenvalue weighted by atomic mass is 35.5. The van der Waals surface area contributed by atoms with Gasteiger partial charge in [0.15, 0.2) is 0 Å². The molecule has 1 fully saturated rings. The summed E-state index contributed by atoms with van der Waals surface area (Å²) in [5, 5.41) is 5.58. The molecular weight excluding hydrogens is 403 g/mol. The first-order chi connectivity index (χ1) is 12.8. The molecule has 3 amide bonds. The second-order valence-corrected chi connectivity index (χ2v) is 7.51. The molecule has 0 saturated carbocycles. The van der Waals surface area contributed by atoms with Crippen LogP contribution in [0.2, 0.25) is 5.02 Å². The SMILES string of the molecule is CC(C)[C@H](N)C(=O)NCC(=O)Nc1cc(Cl)ccc1C(=O)N1CCCCC1.Cl. The van der Waals surface area contributed by atoms with E-state index in [2.05, 4.69) is 10.6 Å². The van der Waals surface area contributed by atoms with E-state index >= 15 is 0 Å². The van der Waals surface area contributed by atoms with Crippen LogP contribution in [0.25, 0.3) is 0 Å². The number of halogens is 2. The molecular formula is C19H28Cl2N4O3. The van der Waals surface area contributed by atoms with Crippen molar-refractivity contribution in [2.24, 2.45) is 11.7 Å². The summed E-state index contributed by atoms with van der Waals surface area (Å²) in [5.41, 5.74) is 6.48. The number of likely N-dealkylation sites (tertiary alicyclic amines) is 1. The molecule has 0 aromatic heterocycles. The van der Waals surface area contributed by atoms with Crippen LogP contribution in [0.4, 0.5) is 5.69 Å². The van der Waals surface area contributed by atoms with Crippen molar-refractivity contribution in [3.8, 4) is 0 Å². The predicted molar refractivity (Wildman–Crippen MR) is 113 cm³/mol. The van der Waals surface area contributed by atoms with E-state index in [9.17, 15) is 14.4 Å². The van der Waals surface area contributed by atoms with Crippen LogP contribution in [0, 0.1) is 5.92 Å². The van der Waals surface area contributed by atoms with E-state index in [0.29, 0.717) is 29.4 Å². The second kappa shape index (κ2) is 11.2. The number of benzene rings is 1. The minimum Gasteiger partial charge on any atom is -0.346 e. The summed E-state index contributed by atoms with van der Waals surface area (Å²) < 4.78 is 0. The molecule has 4 N–H and O–H groups in total. The Balaban J connectivity index is 0.00000392. The number of nitrogens with one attached hydrogen (secondary N) is 2. The van der Waals surface area contributed by atoms with Crippen molar-refractivity contribution in [2.45, 2.75) is 39.2 Å². The second-order valence-electron chi connectivity index (χ2n) is 7.08. The van der Waals surface area contributed by atoms with Crippen molar-refractivity contribution < 1.29 is 14.4 Å². The fourth-order valence-electron chi connectivity index (χ4n) is 2.86. The average Bonchev–Trinajstić information content (AvgIpc) is 2.65. The average molecular weight is 431 g/mol. The molecule has 2 rings (SSSR count). The van der Waals surface area contributed by atoms with E-state index in [0.717, 1.165) is 19.3 Å². The molecule has 156 valence electrons. The van der Waals surface area contributed by atoms with Crippen molar-refractivity contribution in [2.75, 3.05) is 25.0 Å². The smallest absolute Gasteiger partial charge is 0.255 e. The van der Waals surface area contributed by atoms with E-state index in [1.807, 2.05) is 13.8 Å². The first-order valence-corrected chi connectivity index (χ1v) is 9.59. The highest BCUT2D eigenvalue weighted by Gasteiger charge is 2.22. The number of carbonyl (C=O) groups is 3. The van der Waals surface area contributed by atoms with Crippen molar-refractivity contribution in [3.63, 3.8) is 0 Å². The molecule has 9 heteroatoms. The minimum absolute atomic E-state index is 0. The number of rotatable bonds is 6. The maximum atomic E-state index is 12.8. The van der Waals surface area contributed by atoms with Gasteiger partial charge in [0.2, 0.25) is 11.8 Å². The molecule has 1 aliphatic rings. The quantitative estimate of drug-likeness (QED) is 0.644. The third kappa shape index (κ3) is 6.65. The zero-order valence-corrected chi connectivity index (χ0v) is 17.7. The normalized spacial score (nSPS) is 14.8. The minimum atomic E-state index is -0.680. The van der Waals surface area contributed by atoms with Crippen molar-refractivity contribution in [3.05, 3.63) is 28.8 Å². The Bertz CT molecular complexity index is 706. The molecule has 1 heterocycles. The van der Waals surface area contributed by atoms with Crippen LogP contribution in [0.15, 0.2) is 18.2 Å². The summed E-state index contributed by atoms with van der Waals surface area (Å²) in [4.78, 5) is 38.7. The number of anilines is 1. The van der Waals surface area contributed by atoms with Gasteiger partial charge < -0.3 is 21.3 Å². The molecule has 1 aliphatic heterocycles. The number of carbonyl (C=O) groups excluding carboxylic acids is 3. The van der Waals surface area contributed by atoms with Gasteiger partial charge in [0, 0.05) is 18.1 Å². The largest absolute Gasteiger partial charge is 0.346 e. The highest BCUT2D eigenvalue weighted by molar-refractivity contribution is 6.31. The number of amides is 3. The molecule has 7 nitrogen and oxygen atoms in total. The molecule has 1 atom stereocenters. The lowest BCUT2D eigenvalue weighted by atomic mass is 10.1. The Hall–Kier alpha value is -1.83. The molecule has 0 radical (unpaired) electrons. The molecule has 0 aliphatic carbocycles. The molecule has 0 unspecified atom stereocenters. The summed E-state index contributed by atoms with van der Waals surface area (Å²) in [5.74, 6) is -1.01. The van der Waals surface area contributed by atoms with Gasteiger partial charge >= 0.3 is 0 Å². The van der Waals surface area contributed by atoms with Gasteiger partial charge in [-0.3, -0.25) is 14.4 Å². The number of piperidine rings is 1. The van der Waals surface area contributed by atoms with Gasteiger partial charge in [-0.25, -0.2) is 0 Å². The molecule has 28 heavy (non-hydrogen) atoms. The zero-order chi connectivity index (χ0) is 20.0. The summed E-state index contributed by atoms with van der Waals surface area (Å²) in [6.45, 7) is 4.84. The van der Waals surface area contributed by atoms with Crippen molar-refractivity contribution in [1.82, 2.24) is 10.2 Å². The first-order valence-electron chi connectivity index (χ1n) is 9.21. The van der Waals surface area contributed by atoms with Gasteiger partial charge in [-0.15, -0.1) is 12.4 Å². The standard InChI is InChI=1S/C19H27ClN4O3.ClH/c1-12(2)17(21)18(26)22-11-16(25)23-15-10-13(20)6-7-14(15)19(27)24-8-4-3-5-9-24;/h6-7,10,12,17H,3-5,8-9,11,21H2,1-2H3,(H,22,26)(H,23,25);1H/t17-;/m0./s1. The van der Waals surface area contributed by atoms with Crippen LogP contribution < -0.4 is 16.4 Å². The lowest BCUT2D eigenvalue weighted by molar-refractivity contribution is -0.125. The topological polar surface area (TPSA) is 105 Å². The number of nitrogens with zero attached hydrogens (tertiary/aromatic N) is 1. The summed E-state index contributed by atoms with van der Waals surface area (Å²) in [6.07, 6.45) is 3.07. The molecule has 1 aromatic carbocycles. The number of nitrogens with two attached hydrogens (primary N) is 1. The van der Waals surface area contributed by atoms with Crippen LogP contribution in [0.3, 0.4) is 0 Å². The monoisotopic (exact) mass is 430 g/mol. The number of hydrogen-bond acceptors (Lipinski definition) is 4. The summed E-state index contributed by atoms with van der Waals surface area (Å²) >= 11 is 6.03. The lowest BCUT2D eigenvalue weighted by Gasteiger charge is -2.27. The maximum absolute atomic E-state index is 12.8. The van der Waals surface area contributed by atoms with E-state index in [1.54, 1.807) is 17.0 Å². The van der Waals surface area contributed by atoms with E-state index < -0.39 is 17.9 Å². The Kier molecular flexibility index (Phi) is 9.72. The van der Waals surface area contributed by atoms with E-state index in [1.165, 1.54) is 6.07 Å². The summed E-state index contributed by atoms with van der Waals surface area (Å²) in [7, 11) is 0. The molecule has 1 aromatic rings. The van der Waals surface area contributed by atoms with Crippen molar-refractivity contribution in [1.29, 1.82) is 0 Å². The number of hydrogen-bond donors (Lipinski definition) is 3. The van der Waals surface area contributed by atoms with E-state index in [-0.39, 0.29) is 30.8 Å². The highest BCUT2D eigenvalue weighted by Crippen LogP contribution is 2.24. The van der Waals surface area contributed by atoms with Gasteiger partial charge in [0.1, 0.15) is 0 Å². The van der Waals surface area contributed by atoms with Crippen molar-refractivity contribution >= 4 is 47.4 Å².